The molecule has 0 bridgehead atoms. The molecule has 0 aliphatic carbocycles. The van der Waals surface area contributed by atoms with Crippen molar-refractivity contribution in [1.29, 1.82) is 0 Å². The second-order valence-corrected chi connectivity index (χ2v) is 12.8. The molecule has 0 aromatic carbocycles. The number of allylic oxidation sites excluding steroid dienone is 4. The normalized spacial score (nSPS) is 26.7. The highest BCUT2D eigenvalue weighted by Crippen LogP contribution is 2.40. The van der Waals surface area contributed by atoms with Gasteiger partial charge < -0.3 is 14.3 Å². The average molecular weight is 363 g/mol. The standard InChI is InChI=1S/C21H34O3Si/c1-8-10-12-14-17(22)19-16-20(18(23-19)15-13-11-9-2)24-25(6,7)21(3,4)5/h1,9-13,15,17-20,22H,14,16H2,2-7H3/b11-9+,12-10-,15-13-/t17-,18+,19-,20-/m0/s1. The number of hydrogen-bond acceptors (Lipinski definition) is 3. The molecular weight excluding hydrogens is 328 g/mol. The molecule has 0 aromatic heterocycles. The highest BCUT2D eigenvalue weighted by molar-refractivity contribution is 6.74. The highest BCUT2D eigenvalue weighted by Gasteiger charge is 2.45. The zero-order valence-corrected chi connectivity index (χ0v) is 17.5. The summed E-state index contributed by atoms with van der Waals surface area (Å²) in [6.07, 6.45) is 16.8. The van der Waals surface area contributed by atoms with Gasteiger partial charge in [0.1, 0.15) is 6.10 Å². The maximum Gasteiger partial charge on any atom is 0.192 e. The molecule has 1 saturated heterocycles. The maximum atomic E-state index is 10.4. The summed E-state index contributed by atoms with van der Waals surface area (Å²) in [4.78, 5) is 0. The van der Waals surface area contributed by atoms with Crippen LogP contribution in [-0.4, -0.2) is 37.8 Å². The van der Waals surface area contributed by atoms with Crippen molar-refractivity contribution in [3.05, 3.63) is 36.5 Å². The molecule has 0 amide bonds. The van der Waals surface area contributed by atoms with Crippen molar-refractivity contribution in [2.45, 2.75) is 83.1 Å². The lowest BCUT2D eigenvalue weighted by molar-refractivity contribution is -0.0246. The second kappa shape index (κ2) is 9.54. The van der Waals surface area contributed by atoms with Gasteiger partial charge in [-0.05, 0) is 37.6 Å². The van der Waals surface area contributed by atoms with Gasteiger partial charge in [-0.3, -0.25) is 0 Å². The molecule has 140 valence electrons. The Balaban J connectivity index is 2.87. The topological polar surface area (TPSA) is 38.7 Å². The van der Waals surface area contributed by atoms with Crippen LogP contribution >= 0.6 is 0 Å². The van der Waals surface area contributed by atoms with Crippen LogP contribution in [0.2, 0.25) is 18.1 Å². The minimum atomic E-state index is -1.91. The lowest BCUT2D eigenvalue weighted by Gasteiger charge is -2.39. The van der Waals surface area contributed by atoms with Crippen LogP contribution in [0.1, 0.15) is 40.5 Å². The molecule has 1 N–H and O–H groups in total. The van der Waals surface area contributed by atoms with Crippen molar-refractivity contribution in [2.75, 3.05) is 0 Å². The average Bonchev–Trinajstić information content (AvgIpc) is 2.89. The van der Waals surface area contributed by atoms with Crippen molar-refractivity contribution in [3.8, 4) is 12.3 Å². The highest BCUT2D eigenvalue weighted by atomic mass is 28.4. The van der Waals surface area contributed by atoms with Crippen molar-refractivity contribution >= 4 is 8.32 Å². The third kappa shape index (κ3) is 6.60. The Morgan fingerprint density at radius 3 is 2.60 bits per heavy atom. The van der Waals surface area contributed by atoms with E-state index in [1.165, 1.54) is 0 Å². The number of rotatable bonds is 7. The summed E-state index contributed by atoms with van der Waals surface area (Å²) >= 11 is 0. The van der Waals surface area contributed by atoms with Crippen molar-refractivity contribution in [1.82, 2.24) is 0 Å². The van der Waals surface area contributed by atoms with E-state index in [9.17, 15) is 5.11 Å². The van der Waals surface area contributed by atoms with E-state index in [1.807, 2.05) is 31.2 Å². The quantitative estimate of drug-likeness (QED) is 0.408. The zero-order valence-electron chi connectivity index (χ0n) is 16.5. The molecule has 3 nitrogen and oxygen atoms in total. The van der Waals surface area contributed by atoms with Crippen LogP contribution in [0.25, 0.3) is 0 Å². The lowest BCUT2D eigenvalue weighted by Crippen LogP contribution is -2.45. The maximum absolute atomic E-state index is 10.4. The van der Waals surface area contributed by atoms with E-state index >= 15 is 0 Å². The lowest BCUT2D eigenvalue weighted by atomic mass is 10.0. The molecule has 0 radical (unpaired) electrons. The van der Waals surface area contributed by atoms with E-state index in [-0.39, 0.29) is 23.4 Å². The predicted molar refractivity (Wildman–Crippen MR) is 108 cm³/mol. The van der Waals surface area contributed by atoms with E-state index in [2.05, 4.69) is 39.8 Å². The molecular formula is C21H34O3Si. The Morgan fingerprint density at radius 1 is 1.36 bits per heavy atom. The SMILES string of the molecule is C#C/C=C\C[C@H](O)[C@@H]1C[C@H](O[Si](C)(C)C(C)(C)C)[C@@H](/C=C\C=C\C)O1. The molecule has 1 aliphatic heterocycles. The Labute approximate surface area is 154 Å². The molecule has 4 atom stereocenters. The summed E-state index contributed by atoms with van der Waals surface area (Å²) in [5.41, 5.74) is 0. The van der Waals surface area contributed by atoms with Crippen molar-refractivity contribution in [3.63, 3.8) is 0 Å². The van der Waals surface area contributed by atoms with E-state index < -0.39 is 14.4 Å². The van der Waals surface area contributed by atoms with Crippen LogP contribution in [-0.2, 0) is 9.16 Å². The van der Waals surface area contributed by atoms with Gasteiger partial charge in [0.05, 0.1) is 18.3 Å². The smallest absolute Gasteiger partial charge is 0.192 e. The molecule has 1 heterocycles. The van der Waals surface area contributed by atoms with Crippen LogP contribution in [0.3, 0.4) is 0 Å². The first-order chi connectivity index (χ1) is 11.6. The first-order valence-electron chi connectivity index (χ1n) is 9.04. The second-order valence-electron chi connectivity index (χ2n) is 8.07. The molecule has 0 aromatic rings. The van der Waals surface area contributed by atoms with Crippen LogP contribution in [0, 0.1) is 12.3 Å². The molecule has 0 unspecified atom stereocenters. The third-order valence-electron chi connectivity index (χ3n) is 5.04. The summed E-state index contributed by atoms with van der Waals surface area (Å²) in [5.74, 6) is 2.44. The summed E-state index contributed by atoms with van der Waals surface area (Å²) in [5, 5.41) is 10.5. The van der Waals surface area contributed by atoms with E-state index in [4.69, 9.17) is 15.6 Å². The summed E-state index contributed by atoms with van der Waals surface area (Å²) in [6.45, 7) is 13.2. The Morgan fingerprint density at radius 2 is 2.04 bits per heavy atom. The molecule has 1 fully saturated rings. The molecule has 0 saturated carbocycles. The first-order valence-corrected chi connectivity index (χ1v) is 11.9. The molecule has 0 spiro atoms. The Bertz CT molecular complexity index is 534. The van der Waals surface area contributed by atoms with E-state index in [0.717, 1.165) is 0 Å². The molecule has 1 rings (SSSR count). The van der Waals surface area contributed by atoms with Gasteiger partial charge in [-0.2, -0.15) is 0 Å². The summed E-state index contributed by atoms with van der Waals surface area (Å²) < 4.78 is 12.7. The van der Waals surface area contributed by atoms with Crippen LogP contribution in [0.4, 0.5) is 0 Å². The number of ether oxygens (including phenoxy) is 1. The van der Waals surface area contributed by atoms with Gasteiger partial charge in [-0.25, -0.2) is 0 Å². The van der Waals surface area contributed by atoms with Gasteiger partial charge in [0.25, 0.3) is 0 Å². The minimum absolute atomic E-state index is 0.0290. The monoisotopic (exact) mass is 362 g/mol. The van der Waals surface area contributed by atoms with Crippen LogP contribution in [0.15, 0.2) is 36.5 Å². The van der Waals surface area contributed by atoms with Gasteiger partial charge in [-0.15, -0.1) is 6.42 Å². The molecule has 25 heavy (non-hydrogen) atoms. The summed E-state index contributed by atoms with van der Waals surface area (Å²) in [7, 11) is -1.91. The number of aliphatic hydroxyl groups is 1. The fraction of sp³-hybridized carbons (Fsp3) is 0.619. The van der Waals surface area contributed by atoms with Crippen molar-refractivity contribution < 1.29 is 14.3 Å². The Kier molecular flexibility index (Phi) is 8.36. The predicted octanol–water partition coefficient (Wildman–Crippen LogP) is 4.61. The minimum Gasteiger partial charge on any atom is -0.411 e. The zero-order chi connectivity index (χ0) is 19.1. The number of terminal acetylenes is 1. The Hall–Kier alpha value is -1.12. The van der Waals surface area contributed by atoms with E-state index in [0.29, 0.717) is 12.8 Å². The number of hydrogen-bond donors (Lipinski definition) is 1. The van der Waals surface area contributed by atoms with Gasteiger partial charge >= 0.3 is 0 Å². The van der Waals surface area contributed by atoms with Gasteiger partial charge in [0, 0.05) is 6.42 Å². The van der Waals surface area contributed by atoms with Crippen molar-refractivity contribution in [2.24, 2.45) is 0 Å². The van der Waals surface area contributed by atoms with Gasteiger partial charge in [0.2, 0.25) is 0 Å². The first kappa shape index (κ1) is 21.9. The van der Waals surface area contributed by atoms with Crippen LogP contribution < -0.4 is 0 Å². The largest absolute Gasteiger partial charge is 0.411 e. The fourth-order valence-corrected chi connectivity index (χ4v) is 3.85. The summed E-state index contributed by atoms with van der Waals surface area (Å²) in [6, 6.07) is 0. The van der Waals surface area contributed by atoms with Gasteiger partial charge in [0.15, 0.2) is 8.32 Å². The van der Waals surface area contributed by atoms with Gasteiger partial charge in [-0.1, -0.05) is 57.1 Å². The molecule has 4 heteroatoms. The van der Waals surface area contributed by atoms with E-state index in [1.54, 1.807) is 12.2 Å². The number of aliphatic hydroxyl groups excluding tert-OH is 1. The fourth-order valence-electron chi connectivity index (χ4n) is 2.51. The van der Waals surface area contributed by atoms with Crippen LogP contribution in [0.5, 0.6) is 0 Å². The molecule has 1 aliphatic rings. The third-order valence-corrected chi connectivity index (χ3v) is 9.54.